The van der Waals surface area contributed by atoms with Crippen LogP contribution in [0.2, 0.25) is 0 Å². The first-order valence-corrected chi connectivity index (χ1v) is 8.85. The Hall–Kier alpha value is -1.70. The first-order chi connectivity index (χ1) is 12.2. The molecule has 150 valence electrons. The summed E-state index contributed by atoms with van der Waals surface area (Å²) in [7, 11) is 1.85. The lowest BCUT2D eigenvalue weighted by Gasteiger charge is -2.10. The molecular formula is C18H26Cl2FN5O. The van der Waals surface area contributed by atoms with Crippen LogP contribution >= 0.6 is 24.8 Å². The minimum atomic E-state index is -0.354. The summed E-state index contributed by atoms with van der Waals surface area (Å²) in [4.78, 5) is 12.0. The second kappa shape index (κ2) is 11.2. The molecule has 2 aromatic rings. The molecule has 9 heteroatoms. The fourth-order valence-electron chi connectivity index (χ4n) is 3.11. The van der Waals surface area contributed by atoms with Gasteiger partial charge in [0, 0.05) is 25.1 Å². The van der Waals surface area contributed by atoms with Gasteiger partial charge in [0.2, 0.25) is 5.91 Å². The number of nitrogens with zero attached hydrogens (tertiary/aromatic N) is 3. The van der Waals surface area contributed by atoms with Crippen molar-refractivity contribution in [1.29, 1.82) is 0 Å². The fraction of sp³-hybridized carbons (Fsp3) is 0.500. The molecule has 6 nitrogen and oxygen atoms in total. The summed E-state index contributed by atoms with van der Waals surface area (Å²) >= 11 is 0. The molecule has 0 aliphatic carbocycles. The highest BCUT2D eigenvalue weighted by Gasteiger charge is 2.19. The molecule has 0 radical (unpaired) electrons. The van der Waals surface area contributed by atoms with Gasteiger partial charge in [-0.1, -0.05) is 6.42 Å². The Morgan fingerprint density at radius 1 is 1.22 bits per heavy atom. The maximum Gasteiger partial charge on any atom is 0.224 e. The Balaban J connectivity index is 0.00000182. The van der Waals surface area contributed by atoms with Gasteiger partial charge in [0.1, 0.15) is 11.6 Å². The van der Waals surface area contributed by atoms with Crippen molar-refractivity contribution in [3.8, 4) is 11.4 Å². The zero-order chi connectivity index (χ0) is 17.6. The van der Waals surface area contributed by atoms with Crippen LogP contribution in [0.4, 0.5) is 10.1 Å². The number of carbonyl (C=O) groups is 1. The molecule has 2 N–H and O–H groups in total. The number of hydrogen-bond acceptors (Lipinski definition) is 4. The molecule has 1 aromatic carbocycles. The number of fused-ring (bicyclic) bond motifs is 1. The van der Waals surface area contributed by atoms with E-state index in [-0.39, 0.29) is 36.5 Å². The molecule has 1 aliphatic rings. The number of nitrogens with one attached hydrogen (secondary N) is 2. The second-order valence-electron chi connectivity index (χ2n) is 6.35. The third-order valence-electron chi connectivity index (χ3n) is 4.43. The van der Waals surface area contributed by atoms with E-state index in [9.17, 15) is 9.18 Å². The predicted molar refractivity (Wildman–Crippen MR) is 109 cm³/mol. The van der Waals surface area contributed by atoms with Gasteiger partial charge in [-0.3, -0.25) is 4.79 Å². The van der Waals surface area contributed by atoms with Gasteiger partial charge in [-0.2, -0.15) is 0 Å². The zero-order valence-electron chi connectivity index (χ0n) is 15.3. The van der Waals surface area contributed by atoms with Gasteiger partial charge in [0.25, 0.3) is 0 Å². The van der Waals surface area contributed by atoms with Gasteiger partial charge in [-0.05, 0) is 51.1 Å². The Morgan fingerprint density at radius 3 is 2.81 bits per heavy atom. The number of carbonyl (C=O) groups excluding carboxylic acids is 1. The van der Waals surface area contributed by atoms with Crippen LogP contribution < -0.4 is 10.6 Å². The van der Waals surface area contributed by atoms with Crippen LogP contribution in [0.5, 0.6) is 0 Å². The Bertz CT molecular complexity index is 753. The molecule has 0 atom stereocenters. The minimum absolute atomic E-state index is 0. The average Bonchev–Trinajstić information content (AvgIpc) is 2.85. The summed E-state index contributed by atoms with van der Waals surface area (Å²) in [6.45, 7) is 1.59. The Labute approximate surface area is 171 Å². The van der Waals surface area contributed by atoms with Crippen molar-refractivity contribution >= 4 is 36.4 Å². The Kier molecular flexibility index (Phi) is 9.69. The molecule has 1 amide bonds. The quantitative estimate of drug-likeness (QED) is 0.704. The van der Waals surface area contributed by atoms with E-state index in [1.54, 1.807) is 12.1 Å². The van der Waals surface area contributed by atoms with Crippen LogP contribution in [-0.4, -0.2) is 34.3 Å². The first kappa shape index (κ1) is 23.3. The number of halogens is 3. The van der Waals surface area contributed by atoms with Crippen molar-refractivity contribution in [2.45, 2.75) is 45.1 Å². The normalized spacial score (nSPS) is 13.0. The highest BCUT2D eigenvalue weighted by atomic mass is 35.5. The number of rotatable bonds is 6. The second-order valence-corrected chi connectivity index (χ2v) is 6.35. The van der Waals surface area contributed by atoms with Crippen molar-refractivity contribution in [3.05, 3.63) is 29.8 Å². The maximum absolute atomic E-state index is 14.4. The number of aryl methyl sites for hydroxylation is 1. The summed E-state index contributed by atoms with van der Waals surface area (Å²) in [5.41, 5.74) is 0.963. The molecule has 2 heterocycles. The lowest BCUT2D eigenvalue weighted by Crippen LogP contribution is -2.15. The highest BCUT2D eigenvalue weighted by Crippen LogP contribution is 2.27. The minimum Gasteiger partial charge on any atom is -0.326 e. The number of anilines is 1. The van der Waals surface area contributed by atoms with Crippen molar-refractivity contribution < 1.29 is 9.18 Å². The number of hydrogen-bond donors (Lipinski definition) is 2. The van der Waals surface area contributed by atoms with E-state index in [2.05, 4.69) is 20.8 Å². The molecule has 1 aliphatic heterocycles. The Morgan fingerprint density at radius 2 is 2.04 bits per heavy atom. The SMILES string of the molecule is CNCCCC(=O)Nc1ccc(F)c(-c2nnc3n2CCCCC3)c1.Cl.Cl. The third kappa shape index (κ3) is 5.89. The lowest BCUT2D eigenvalue weighted by molar-refractivity contribution is -0.116. The van der Waals surface area contributed by atoms with E-state index in [1.807, 2.05) is 11.6 Å². The molecule has 27 heavy (non-hydrogen) atoms. The van der Waals surface area contributed by atoms with Gasteiger partial charge in [0.05, 0.1) is 5.56 Å². The van der Waals surface area contributed by atoms with E-state index in [4.69, 9.17) is 0 Å². The molecule has 0 bridgehead atoms. The van der Waals surface area contributed by atoms with Crippen molar-refractivity contribution in [3.63, 3.8) is 0 Å². The van der Waals surface area contributed by atoms with Crippen LogP contribution in [0, 0.1) is 5.82 Å². The molecular weight excluding hydrogens is 392 g/mol. The van der Waals surface area contributed by atoms with Crippen molar-refractivity contribution in [2.24, 2.45) is 0 Å². The topological polar surface area (TPSA) is 71.8 Å². The monoisotopic (exact) mass is 417 g/mol. The predicted octanol–water partition coefficient (Wildman–Crippen LogP) is 3.59. The lowest BCUT2D eigenvalue weighted by atomic mass is 10.1. The van der Waals surface area contributed by atoms with E-state index in [1.165, 1.54) is 6.07 Å². The summed E-state index contributed by atoms with van der Waals surface area (Å²) in [5.74, 6) is 1.02. The molecule has 0 spiro atoms. The third-order valence-corrected chi connectivity index (χ3v) is 4.43. The summed E-state index contributed by atoms with van der Waals surface area (Å²) in [6.07, 6.45) is 5.33. The summed E-state index contributed by atoms with van der Waals surface area (Å²) in [6, 6.07) is 4.60. The van der Waals surface area contributed by atoms with Crippen molar-refractivity contribution in [1.82, 2.24) is 20.1 Å². The van der Waals surface area contributed by atoms with Crippen LogP contribution in [0.3, 0.4) is 0 Å². The van der Waals surface area contributed by atoms with E-state index in [0.717, 1.165) is 51.0 Å². The van der Waals surface area contributed by atoms with E-state index >= 15 is 0 Å². The molecule has 0 fully saturated rings. The maximum atomic E-state index is 14.4. The molecule has 3 rings (SSSR count). The number of aromatic nitrogens is 3. The smallest absolute Gasteiger partial charge is 0.224 e. The van der Waals surface area contributed by atoms with Gasteiger partial charge in [0.15, 0.2) is 5.82 Å². The molecule has 0 unspecified atom stereocenters. The molecule has 1 aromatic heterocycles. The van der Waals surface area contributed by atoms with E-state index < -0.39 is 0 Å². The van der Waals surface area contributed by atoms with Gasteiger partial charge >= 0.3 is 0 Å². The number of amides is 1. The van der Waals surface area contributed by atoms with Gasteiger partial charge in [-0.15, -0.1) is 35.0 Å². The van der Waals surface area contributed by atoms with Crippen molar-refractivity contribution in [2.75, 3.05) is 18.9 Å². The molecule has 0 saturated carbocycles. The zero-order valence-corrected chi connectivity index (χ0v) is 17.0. The summed E-state index contributed by atoms with van der Waals surface area (Å²) in [5, 5.41) is 14.3. The largest absolute Gasteiger partial charge is 0.326 e. The van der Waals surface area contributed by atoms with Gasteiger partial charge in [-0.25, -0.2) is 4.39 Å². The first-order valence-electron chi connectivity index (χ1n) is 8.85. The van der Waals surface area contributed by atoms with Crippen LogP contribution in [0.15, 0.2) is 18.2 Å². The van der Waals surface area contributed by atoms with Crippen LogP contribution in [0.25, 0.3) is 11.4 Å². The number of benzene rings is 1. The fourth-order valence-corrected chi connectivity index (χ4v) is 3.11. The van der Waals surface area contributed by atoms with Gasteiger partial charge < -0.3 is 15.2 Å². The highest BCUT2D eigenvalue weighted by molar-refractivity contribution is 5.91. The van der Waals surface area contributed by atoms with Crippen LogP contribution in [0.1, 0.15) is 37.9 Å². The molecule has 0 saturated heterocycles. The van der Waals surface area contributed by atoms with E-state index in [0.29, 0.717) is 23.5 Å². The average molecular weight is 418 g/mol. The standard InChI is InChI=1S/C18H24FN5O.2ClH/c1-20-10-5-7-17(25)21-13-8-9-15(19)14(12-13)18-23-22-16-6-3-2-4-11-24(16)18;;/h8-9,12,20H,2-7,10-11H2,1H3,(H,21,25);2*1H. The van der Waals surface area contributed by atoms with Crippen LogP contribution in [-0.2, 0) is 17.8 Å². The summed E-state index contributed by atoms with van der Waals surface area (Å²) < 4.78 is 16.4.